The van der Waals surface area contributed by atoms with Crippen molar-refractivity contribution in [3.8, 4) is 17.6 Å². The molecule has 2 aromatic heterocycles. The number of nitrogens with one attached hydrogen (secondary N) is 2. The second-order valence-electron chi connectivity index (χ2n) is 4.61. The summed E-state index contributed by atoms with van der Waals surface area (Å²) in [6.07, 6.45) is 0.711. The minimum absolute atomic E-state index is 0.0123. The maximum Gasteiger partial charge on any atom is 0.388 e. The normalized spacial score (nSPS) is 11.0. The maximum atomic E-state index is 12.5. The number of nitrogens with zero attached hydrogens (tertiary/aromatic N) is 4. The summed E-state index contributed by atoms with van der Waals surface area (Å²) in [5, 5.41) is 2.01. The molecule has 0 aliphatic rings. The summed E-state index contributed by atoms with van der Waals surface area (Å²) >= 11 is 0. The van der Waals surface area contributed by atoms with E-state index in [4.69, 9.17) is 15.2 Å². The molecule has 2 amide bonds. The molecule has 28 heavy (non-hydrogen) atoms. The Labute approximate surface area is 156 Å². The molecule has 0 radical (unpaired) electrons. The van der Waals surface area contributed by atoms with Gasteiger partial charge in [0.05, 0.1) is 20.3 Å². The molecule has 0 atom stereocenters. The molecule has 2 rings (SSSR count). The Morgan fingerprint density at radius 1 is 1.18 bits per heavy atom. The molecule has 4 N–H and O–H groups in total. The van der Waals surface area contributed by atoms with Crippen molar-refractivity contribution in [2.24, 2.45) is 0 Å². The number of amides is 2. The topological polar surface area (TPSA) is 181 Å². The van der Waals surface area contributed by atoms with Crippen LogP contribution in [0.15, 0.2) is 17.3 Å². The summed E-state index contributed by atoms with van der Waals surface area (Å²) in [6, 6.07) is -0.0444. The number of nitrogens with two attached hydrogens (primary N) is 1. The maximum absolute atomic E-state index is 12.5. The second kappa shape index (κ2) is 8.42. The number of alkyl halides is 2. The van der Waals surface area contributed by atoms with Crippen molar-refractivity contribution in [1.82, 2.24) is 24.7 Å². The molecular formula is C12H13F2N7O6S. The van der Waals surface area contributed by atoms with Gasteiger partial charge in [0.15, 0.2) is 10.7 Å². The highest BCUT2D eigenvalue weighted by atomic mass is 32.2. The first-order valence-corrected chi connectivity index (χ1v) is 8.50. The van der Waals surface area contributed by atoms with Gasteiger partial charge in [-0.3, -0.25) is 5.32 Å². The first kappa shape index (κ1) is 20.7. The van der Waals surface area contributed by atoms with E-state index in [0.717, 1.165) is 0 Å². The van der Waals surface area contributed by atoms with Gasteiger partial charge >= 0.3 is 12.6 Å². The van der Waals surface area contributed by atoms with Gasteiger partial charge in [0.2, 0.25) is 23.6 Å². The third-order valence-electron chi connectivity index (χ3n) is 2.82. The van der Waals surface area contributed by atoms with E-state index in [1.54, 1.807) is 0 Å². The van der Waals surface area contributed by atoms with Gasteiger partial charge < -0.3 is 19.9 Å². The Morgan fingerprint density at radius 3 is 2.32 bits per heavy atom. The van der Waals surface area contributed by atoms with E-state index in [9.17, 15) is 22.0 Å². The van der Waals surface area contributed by atoms with Crippen LogP contribution in [0.2, 0.25) is 0 Å². The number of nitrogen functional groups attached to an aromatic ring is 1. The molecular weight excluding hydrogens is 408 g/mol. The minimum Gasteiger partial charge on any atom is -0.481 e. The first-order valence-electron chi connectivity index (χ1n) is 7.02. The number of urea groups is 1. The van der Waals surface area contributed by atoms with Crippen molar-refractivity contribution in [2.45, 2.75) is 11.5 Å². The number of hydrogen-bond donors (Lipinski definition) is 3. The van der Waals surface area contributed by atoms with E-state index in [1.165, 1.54) is 25.0 Å². The number of carbonyl (C=O) groups is 1. The fraction of sp³-hybridized carbons (Fsp3) is 0.250. The van der Waals surface area contributed by atoms with Crippen LogP contribution < -0.4 is 30.0 Å². The zero-order valence-electron chi connectivity index (χ0n) is 14.2. The fourth-order valence-corrected chi connectivity index (χ4v) is 2.82. The largest absolute Gasteiger partial charge is 0.481 e. The summed E-state index contributed by atoms with van der Waals surface area (Å²) in [7, 11) is -2.23. The summed E-state index contributed by atoms with van der Waals surface area (Å²) in [4.78, 5) is 25.2. The number of aromatic nitrogens is 4. The molecule has 2 aromatic rings. The highest BCUT2D eigenvalue weighted by Gasteiger charge is 2.29. The summed E-state index contributed by atoms with van der Waals surface area (Å²) in [5.74, 6) is -2.10. The molecule has 16 heteroatoms. The second-order valence-corrected chi connectivity index (χ2v) is 6.23. The summed E-state index contributed by atoms with van der Waals surface area (Å²) in [6.45, 7) is -3.39. The van der Waals surface area contributed by atoms with Gasteiger partial charge in [-0.15, -0.1) is 0 Å². The molecule has 0 saturated carbocycles. The Bertz CT molecular complexity index is 953. The lowest BCUT2D eigenvalue weighted by molar-refractivity contribution is -0.0549. The third-order valence-corrected chi connectivity index (χ3v) is 4.19. The molecule has 0 bridgehead atoms. The van der Waals surface area contributed by atoms with Gasteiger partial charge in [0.25, 0.3) is 10.0 Å². The number of carbonyl (C=O) groups excluding carboxylic acids is 1. The van der Waals surface area contributed by atoms with Crippen molar-refractivity contribution in [3.63, 3.8) is 0 Å². The number of anilines is 2. The van der Waals surface area contributed by atoms with E-state index in [1.807, 2.05) is 5.32 Å². The minimum atomic E-state index is -4.81. The van der Waals surface area contributed by atoms with E-state index in [2.05, 4.69) is 24.7 Å². The van der Waals surface area contributed by atoms with Crippen molar-refractivity contribution in [2.75, 3.05) is 25.3 Å². The summed E-state index contributed by atoms with van der Waals surface area (Å²) in [5.41, 5.74) is 5.40. The average molecular weight is 421 g/mol. The van der Waals surface area contributed by atoms with Crippen LogP contribution in [-0.4, -0.2) is 55.2 Å². The first-order chi connectivity index (χ1) is 13.2. The quantitative estimate of drug-likeness (QED) is 0.546. The highest BCUT2D eigenvalue weighted by Crippen LogP contribution is 2.26. The standard InChI is InChI=1S/C12H13F2N7O6S/c1-25-5-3-6(26-2)19-11(18-5)20-12(22)21-28(23,24)7-8(15)16-4-17-9(7)27-10(13)14/h3-4,10H,1-2H3,(H2,15,16,17)(H2,18,19,20,21,22). The van der Waals surface area contributed by atoms with Crippen LogP contribution in [0, 0.1) is 0 Å². The Balaban J connectivity index is 2.27. The number of hydrogen-bond acceptors (Lipinski definition) is 11. The van der Waals surface area contributed by atoms with Gasteiger partial charge in [-0.2, -0.15) is 18.7 Å². The van der Waals surface area contributed by atoms with E-state index in [-0.39, 0.29) is 17.7 Å². The van der Waals surface area contributed by atoms with Gasteiger partial charge in [-0.1, -0.05) is 0 Å². The fourth-order valence-electron chi connectivity index (χ4n) is 1.76. The van der Waals surface area contributed by atoms with Crippen LogP contribution in [0.5, 0.6) is 17.6 Å². The van der Waals surface area contributed by atoms with Gasteiger partial charge in [-0.25, -0.2) is 27.9 Å². The zero-order chi connectivity index (χ0) is 20.9. The number of methoxy groups -OCH3 is 2. The number of ether oxygens (including phenoxy) is 3. The van der Waals surface area contributed by atoms with E-state index < -0.39 is 39.3 Å². The molecule has 0 saturated heterocycles. The molecule has 152 valence electrons. The Hall–Kier alpha value is -3.56. The predicted octanol–water partition coefficient (Wildman–Crippen LogP) is -0.0222. The summed E-state index contributed by atoms with van der Waals surface area (Å²) < 4.78 is 64.9. The molecule has 0 spiro atoms. The lowest BCUT2D eigenvalue weighted by Crippen LogP contribution is -2.35. The van der Waals surface area contributed by atoms with Gasteiger partial charge in [0, 0.05) is 0 Å². The van der Waals surface area contributed by atoms with Crippen molar-refractivity contribution in [1.29, 1.82) is 0 Å². The van der Waals surface area contributed by atoms with Crippen molar-refractivity contribution < 1.29 is 36.2 Å². The highest BCUT2D eigenvalue weighted by molar-refractivity contribution is 7.90. The lowest BCUT2D eigenvalue weighted by atomic mass is 10.6. The van der Waals surface area contributed by atoms with Crippen LogP contribution in [0.4, 0.5) is 25.3 Å². The smallest absolute Gasteiger partial charge is 0.388 e. The van der Waals surface area contributed by atoms with Crippen LogP contribution in [0.1, 0.15) is 0 Å². The Morgan fingerprint density at radius 2 is 1.79 bits per heavy atom. The van der Waals surface area contributed by atoms with E-state index >= 15 is 0 Å². The molecule has 0 aliphatic heterocycles. The van der Waals surface area contributed by atoms with Gasteiger partial charge in [-0.05, 0) is 0 Å². The molecule has 0 aromatic carbocycles. The lowest BCUT2D eigenvalue weighted by Gasteiger charge is -2.12. The number of halogens is 2. The average Bonchev–Trinajstić information content (AvgIpc) is 2.59. The van der Waals surface area contributed by atoms with Crippen LogP contribution in [-0.2, 0) is 10.0 Å². The predicted molar refractivity (Wildman–Crippen MR) is 87.6 cm³/mol. The third kappa shape index (κ3) is 5.00. The van der Waals surface area contributed by atoms with Crippen LogP contribution >= 0.6 is 0 Å². The molecule has 2 heterocycles. The molecule has 0 fully saturated rings. The van der Waals surface area contributed by atoms with Crippen molar-refractivity contribution >= 4 is 27.8 Å². The SMILES string of the molecule is COc1cc(OC)nc(NC(=O)NS(=O)(=O)c2c(N)ncnc2OC(F)F)n1. The number of sulfonamides is 1. The van der Waals surface area contributed by atoms with Crippen molar-refractivity contribution in [3.05, 3.63) is 12.4 Å². The molecule has 13 nitrogen and oxygen atoms in total. The molecule has 0 unspecified atom stereocenters. The van der Waals surface area contributed by atoms with Gasteiger partial charge in [0.1, 0.15) is 6.33 Å². The molecule has 0 aliphatic carbocycles. The Kier molecular flexibility index (Phi) is 6.24. The monoisotopic (exact) mass is 421 g/mol. The van der Waals surface area contributed by atoms with Crippen LogP contribution in [0.3, 0.4) is 0 Å². The van der Waals surface area contributed by atoms with E-state index in [0.29, 0.717) is 6.33 Å². The zero-order valence-corrected chi connectivity index (χ0v) is 15.0. The van der Waals surface area contributed by atoms with Crippen LogP contribution in [0.25, 0.3) is 0 Å². The number of rotatable bonds is 7.